The number of ether oxygens (including phenoxy) is 1. The van der Waals surface area contributed by atoms with Crippen molar-refractivity contribution in [2.75, 3.05) is 7.05 Å². The van der Waals surface area contributed by atoms with Crippen LogP contribution < -0.4 is 0 Å². The molecule has 4 aliphatic rings. The van der Waals surface area contributed by atoms with Gasteiger partial charge in [-0.1, -0.05) is 0 Å². The highest BCUT2D eigenvalue weighted by molar-refractivity contribution is 6.06. The van der Waals surface area contributed by atoms with Gasteiger partial charge in [0.2, 0.25) is 11.8 Å². The van der Waals surface area contributed by atoms with E-state index in [9.17, 15) is 9.59 Å². The Morgan fingerprint density at radius 3 is 2.14 bits per heavy atom. The number of imide groups is 1. The van der Waals surface area contributed by atoms with Crippen molar-refractivity contribution in [1.29, 1.82) is 0 Å². The van der Waals surface area contributed by atoms with E-state index >= 15 is 0 Å². The third-order valence-corrected chi connectivity index (χ3v) is 4.49. The fourth-order valence-electron chi connectivity index (χ4n) is 3.87. The molecule has 0 radical (unpaired) electrons. The van der Waals surface area contributed by atoms with Crippen LogP contribution in [0.25, 0.3) is 0 Å². The highest BCUT2D eigenvalue weighted by Crippen LogP contribution is 2.63. The Labute approximate surface area is 81.2 Å². The summed E-state index contributed by atoms with van der Waals surface area (Å²) >= 11 is 0. The van der Waals surface area contributed by atoms with Gasteiger partial charge < -0.3 is 4.74 Å². The Morgan fingerprint density at radius 1 is 1.14 bits per heavy atom. The van der Waals surface area contributed by atoms with Gasteiger partial charge in [-0.05, 0) is 6.42 Å². The zero-order valence-electron chi connectivity index (χ0n) is 7.84. The third-order valence-electron chi connectivity index (χ3n) is 4.49. The maximum atomic E-state index is 11.8. The summed E-state index contributed by atoms with van der Waals surface area (Å²) < 4.78 is 5.49. The van der Waals surface area contributed by atoms with Gasteiger partial charge in [0.1, 0.15) is 0 Å². The number of epoxide rings is 1. The highest BCUT2D eigenvalue weighted by atomic mass is 16.6. The standard InChI is InChI=1S/C10H11NO3/c1-11-9(12)5-3-2-4(6(5)10(11)13)8-7(3)14-8/h3-8H,2H2,1H3/t3-,4+,5-,6+,7-,8+. The summed E-state index contributed by atoms with van der Waals surface area (Å²) in [5, 5.41) is 0. The van der Waals surface area contributed by atoms with Gasteiger partial charge in [-0.15, -0.1) is 0 Å². The van der Waals surface area contributed by atoms with E-state index in [1.165, 1.54) is 4.90 Å². The Bertz CT molecular complexity index is 334. The number of fused-ring (bicyclic) bond motifs is 8. The van der Waals surface area contributed by atoms with Gasteiger partial charge in [-0.2, -0.15) is 0 Å². The summed E-state index contributed by atoms with van der Waals surface area (Å²) in [4.78, 5) is 24.9. The van der Waals surface area contributed by atoms with Gasteiger partial charge in [0.05, 0.1) is 24.0 Å². The van der Waals surface area contributed by atoms with E-state index in [0.29, 0.717) is 24.0 Å². The zero-order chi connectivity index (χ0) is 9.61. The molecule has 2 bridgehead atoms. The normalized spacial score (nSPS) is 57.9. The van der Waals surface area contributed by atoms with Crippen LogP contribution in [-0.2, 0) is 14.3 Å². The first kappa shape index (κ1) is 7.40. The number of hydrogen-bond donors (Lipinski definition) is 0. The summed E-state index contributed by atoms with van der Waals surface area (Å²) in [6.45, 7) is 0. The maximum absolute atomic E-state index is 11.8. The molecule has 2 aliphatic carbocycles. The van der Waals surface area contributed by atoms with Crippen LogP contribution >= 0.6 is 0 Å². The topological polar surface area (TPSA) is 49.9 Å². The number of carbonyl (C=O) groups is 2. The SMILES string of the molecule is CN1C(=O)[C@@H]2[C@H]3C[C@H]([C@@H]4O[C@H]34)[C@@H]2C1=O. The molecular formula is C10H11NO3. The van der Waals surface area contributed by atoms with E-state index in [2.05, 4.69) is 0 Å². The summed E-state index contributed by atoms with van der Waals surface area (Å²) in [6.07, 6.45) is 1.66. The molecule has 2 amide bonds. The average Bonchev–Trinajstić information content (AvgIpc) is 2.74. The Kier molecular flexibility index (Phi) is 0.998. The van der Waals surface area contributed by atoms with Crippen LogP contribution in [0.4, 0.5) is 0 Å². The van der Waals surface area contributed by atoms with Crippen molar-refractivity contribution in [2.45, 2.75) is 18.6 Å². The second-order valence-corrected chi connectivity index (χ2v) is 4.92. The summed E-state index contributed by atoms with van der Waals surface area (Å²) in [5.41, 5.74) is 0. The van der Waals surface area contributed by atoms with Crippen LogP contribution in [0, 0.1) is 23.7 Å². The first-order valence-corrected chi connectivity index (χ1v) is 5.17. The molecule has 4 nitrogen and oxygen atoms in total. The molecule has 0 unspecified atom stereocenters. The lowest BCUT2D eigenvalue weighted by molar-refractivity contribution is -0.139. The maximum Gasteiger partial charge on any atom is 0.233 e. The highest BCUT2D eigenvalue weighted by Gasteiger charge is 2.73. The Balaban J connectivity index is 1.82. The molecule has 6 atom stereocenters. The van der Waals surface area contributed by atoms with Crippen LogP contribution in [0.2, 0.25) is 0 Å². The number of hydrogen-bond acceptors (Lipinski definition) is 3. The van der Waals surface area contributed by atoms with E-state index < -0.39 is 0 Å². The van der Waals surface area contributed by atoms with Gasteiger partial charge in [-0.3, -0.25) is 14.5 Å². The fourth-order valence-corrected chi connectivity index (χ4v) is 3.87. The molecule has 0 aromatic carbocycles. The molecular weight excluding hydrogens is 182 g/mol. The molecule has 2 aliphatic heterocycles. The van der Waals surface area contributed by atoms with Gasteiger partial charge in [0.15, 0.2) is 0 Å². The van der Waals surface area contributed by atoms with E-state index in [1.54, 1.807) is 7.05 Å². The number of nitrogens with zero attached hydrogens (tertiary/aromatic N) is 1. The van der Waals surface area contributed by atoms with Crippen LogP contribution in [0.5, 0.6) is 0 Å². The molecule has 0 N–H and O–H groups in total. The average molecular weight is 193 g/mol. The molecule has 74 valence electrons. The minimum absolute atomic E-state index is 0.0291. The number of rotatable bonds is 0. The van der Waals surface area contributed by atoms with Gasteiger partial charge in [-0.25, -0.2) is 0 Å². The van der Waals surface area contributed by atoms with Crippen LogP contribution in [0.3, 0.4) is 0 Å². The van der Waals surface area contributed by atoms with Crippen LogP contribution in [0.15, 0.2) is 0 Å². The molecule has 0 aromatic rings. The van der Waals surface area contributed by atoms with Crippen molar-refractivity contribution in [3.05, 3.63) is 0 Å². The molecule has 4 rings (SSSR count). The van der Waals surface area contributed by atoms with E-state index in [-0.39, 0.29) is 23.7 Å². The molecule has 0 aromatic heterocycles. The van der Waals surface area contributed by atoms with Crippen molar-refractivity contribution in [3.63, 3.8) is 0 Å². The fraction of sp³-hybridized carbons (Fsp3) is 0.800. The minimum atomic E-state index is -0.0405. The van der Waals surface area contributed by atoms with Crippen molar-refractivity contribution < 1.29 is 14.3 Å². The number of amides is 2. The summed E-state index contributed by atoms with van der Waals surface area (Å²) in [6, 6.07) is 0. The predicted octanol–water partition coefficient (Wildman–Crippen LogP) is -0.366. The van der Waals surface area contributed by atoms with Crippen molar-refractivity contribution in [1.82, 2.24) is 4.90 Å². The minimum Gasteiger partial charge on any atom is -0.369 e. The lowest BCUT2D eigenvalue weighted by Gasteiger charge is -2.15. The van der Waals surface area contributed by atoms with Gasteiger partial charge in [0.25, 0.3) is 0 Å². The molecule has 4 fully saturated rings. The lowest BCUT2D eigenvalue weighted by atomic mass is 9.81. The van der Waals surface area contributed by atoms with E-state index in [0.717, 1.165) is 6.42 Å². The second-order valence-electron chi connectivity index (χ2n) is 4.92. The first-order chi connectivity index (χ1) is 6.70. The van der Waals surface area contributed by atoms with Crippen LogP contribution in [0.1, 0.15) is 6.42 Å². The number of likely N-dealkylation sites (tertiary alicyclic amines) is 1. The molecule has 2 saturated heterocycles. The van der Waals surface area contributed by atoms with E-state index in [4.69, 9.17) is 4.74 Å². The van der Waals surface area contributed by atoms with Gasteiger partial charge in [0, 0.05) is 18.9 Å². The number of carbonyl (C=O) groups excluding carboxylic acids is 2. The largest absolute Gasteiger partial charge is 0.369 e. The van der Waals surface area contributed by atoms with E-state index in [1.807, 2.05) is 0 Å². The zero-order valence-corrected chi connectivity index (χ0v) is 7.84. The Morgan fingerprint density at radius 2 is 1.64 bits per heavy atom. The molecule has 14 heavy (non-hydrogen) atoms. The first-order valence-electron chi connectivity index (χ1n) is 5.17. The smallest absolute Gasteiger partial charge is 0.233 e. The molecule has 2 heterocycles. The molecule has 4 heteroatoms. The quantitative estimate of drug-likeness (QED) is 0.390. The summed E-state index contributed by atoms with van der Waals surface area (Å²) in [7, 11) is 1.61. The lowest BCUT2D eigenvalue weighted by Crippen LogP contribution is -2.29. The van der Waals surface area contributed by atoms with Crippen molar-refractivity contribution >= 4 is 11.8 Å². The predicted molar refractivity (Wildman–Crippen MR) is 45.0 cm³/mol. The monoisotopic (exact) mass is 193 g/mol. The molecule has 2 saturated carbocycles. The van der Waals surface area contributed by atoms with Crippen molar-refractivity contribution in [3.8, 4) is 0 Å². The summed E-state index contributed by atoms with van der Waals surface area (Å²) in [5.74, 6) is 0.665. The van der Waals surface area contributed by atoms with Gasteiger partial charge >= 0.3 is 0 Å². The Hall–Kier alpha value is -0.900. The van der Waals surface area contributed by atoms with Crippen LogP contribution in [-0.4, -0.2) is 36.0 Å². The molecule has 0 spiro atoms. The second kappa shape index (κ2) is 1.89. The third kappa shape index (κ3) is 0.557. The van der Waals surface area contributed by atoms with Crippen molar-refractivity contribution in [2.24, 2.45) is 23.7 Å².